The van der Waals surface area contributed by atoms with Crippen LogP contribution < -0.4 is 19.7 Å². The Morgan fingerprint density at radius 1 is 0.932 bits per heavy atom. The predicted octanol–water partition coefficient (Wildman–Crippen LogP) is 3.16. The summed E-state index contributed by atoms with van der Waals surface area (Å²) in [5.74, 6) is 1.28. The molecule has 11 nitrogen and oxygen atoms in total. The first-order valence-corrected chi connectivity index (χ1v) is 15.5. The monoisotopic (exact) mass is 610 g/mol. The summed E-state index contributed by atoms with van der Waals surface area (Å²) in [6, 6.07) is 22.2. The number of hydrogen-bond donors (Lipinski definition) is 1. The molecule has 1 fully saturated rings. The lowest BCUT2D eigenvalue weighted by molar-refractivity contribution is -0.129. The molecule has 3 aromatic carbocycles. The lowest BCUT2D eigenvalue weighted by Gasteiger charge is -2.36. The highest BCUT2D eigenvalue weighted by atomic mass is 32.2. The number of aliphatic imine (C=N–C) groups is 2. The van der Waals surface area contributed by atoms with Gasteiger partial charge in [0.15, 0.2) is 16.7 Å². The number of anilines is 1. The van der Waals surface area contributed by atoms with Crippen molar-refractivity contribution in [2.75, 3.05) is 43.6 Å². The number of nitrogens with one attached hydrogen (secondary N) is 1. The number of thioether (sulfide) groups is 1. The molecule has 1 N–H and O–H groups in total. The zero-order chi connectivity index (χ0) is 30.0. The molecule has 0 unspecified atom stereocenters. The van der Waals surface area contributed by atoms with Gasteiger partial charge in [-0.1, -0.05) is 48.2 Å². The van der Waals surface area contributed by atoms with Gasteiger partial charge in [0.1, 0.15) is 11.9 Å². The zero-order valence-electron chi connectivity index (χ0n) is 23.8. The highest BCUT2D eigenvalue weighted by molar-refractivity contribution is 8.14. The van der Waals surface area contributed by atoms with Crippen molar-refractivity contribution in [3.8, 4) is 11.5 Å². The van der Waals surface area contributed by atoms with Crippen LogP contribution >= 0.6 is 11.8 Å². The minimum atomic E-state index is -0.888. The average Bonchev–Trinajstić information content (AvgIpc) is 3.67. The van der Waals surface area contributed by atoms with Crippen LogP contribution in [-0.4, -0.2) is 83.3 Å². The van der Waals surface area contributed by atoms with E-state index in [4.69, 9.17) is 14.5 Å². The Hall–Kier alpha value is -4.84. The quantitative estimate of drug-likeness (QED) is 0.437. The number of fused-ring (bicyclic) bond motifs is 4. The topological polar surface area (TPSA) is 116 Å². The third-order valence-electron chi connectivity index (χ3n) is 7.93. The van der Waals surface area contributed by atoms with Gasteiger partial charge in [-0.05, 0) is 42.0 Å². The van der Waals surface area contributed by atoms with Crippen molar-refractivity contribution in [1.29, 1.82) is 0 Å². The molecule has 1 saturated heterocycles. The van der Waals surface area contributed by atoms with Gasteiger partial charge in [0.25, 0.3) is 5.91 Å². The lowest BCUT2D eigenvalue weighted by atomic mass is 10.1. The normalized spacial score (nSPS) is 18.4. The van der Waals surface area contributed by atoms with E-state index in [9.17, 15) is 14.4 Å². The number of amides is 3. The Balaban J connectivity index is 0.987. The van der Waals surface area contributed by atoms with E-state index in [1.807, 2.05) is 59.5 Å². The molecule has 4 heterocycles. The van der Waals surface area contributed by atoms with Crippen LogP contribution in [0.15, 0.2) is 82.8 Å². The molecular weight excluding hydrogens is 580 g/mol. The van der Waals surface area contributed by atoms with Crippen molar-refractivity contribution in [3.63, 3.8) is 0 Å². The number of carbonyl (C=O) groups is 3. The third kappa shape index (κ3) is 5.60. The molecule has 44 heavy (non-hydrogen) atoms. The van der Waals surface area contributed by atoms with Gasteiger partial charge < -0.3 is 24.6 Å². The first-order chi connectivity index (χ1) is 21.5. The van der Waals surface area contributed by atoms with Crippen molar-refractivity contribution in [2.24, 2.45) is 9.98 Å². The minimum Gasteiger partial charge on any atom is -0.454 e. The zero-order valence-corrected chi connectivity index (χ0v) is 24.7. The third-order valence-corrected chi connectivity index (χ3v) is 8.85. The molecule has 0 aromatic heterocycles. The number of benzene rings is 3. The molecule has 4 aliphatic heterocycles. The Morgan fingerprint density at radius 2 is 1.70 bits per heavy atom. The van der Waals surface area contributed by atoms with Crippen LogP contribution in [0.5, 0.6) is 11.5 Å². The molecule has 12 heteroatoms. The minimum absolute atomic E-state index is 0.00569. The van der Waals surface area contributed by atoms with E-state index < -0.39 is 6.04 Å². The van der Waals surface area contributed by atoms with Crippen LogP contribution in [0, 0.1) is 0 Å². The second-order valence-electron chi connectivity index (χ2n) is 10.7. The average molecular weight is 611 g/mol. The molecule has 224 valence electrons. The van der Waals surface area contributed by atoms with Crippen molar-refractivity contribution in [2.45, 2.75) is 19.0 Å². The van der Waals surface area contributed by atoms with Crippen LogP contribution in [0.25, 0.3) is 0 Å². The summed E-state index contributed by atoms with van der Waals surface area (Å²) in [7, 11) is 0. The van der Waals surface area contributed by atoms with Gasteiger partial charge in [-0.3, -0.25) is 19.4 Å². The van der Waals surface area contributed by atoms with Gasteiger partial charge >= 0.3 is 0 Å². The maximum absolute atomic E-state index is 13.6. The van der Waals surface area contributed by atoms with Crippen molar-refractivity contribution < 1.29 is 23.9 Å². The molecule has 1 atom stereocenters. The standard InChI is InChI=1S/C32H30N6O5S/c39-28(33-18-21-10-11-26-27(16-21)43-20-42-26)17-25-31(41)38-30(34-25)23-8-4-5-9-24(23)35-32(38)44-19-29(40)37-14-12-36(13-15-37)22-6-2-1-3-7-22/h1-11,16,25H,12-15,17-20H2,(H,33,39)/t25-/m1/s1. The Bertz CT molecular complexity index is 1670. The predicted molar refractivity (Wildman–Crippen MR) is 167 cm³/mol. The Kier molecular flexibility index (Phi) is 7.65. The van der Waals surface area contributed by atoms with E-state index in [-0.39, 0.29) is 43.2 Å². The fourth-order valence-corrected chi connectivity index (χ4v) is 6.51. The van der Waals surface area contributed by atoms with E-state index in [2.05, 4.69) is 27.3 Å². The lowest BCUT2D eigenvalue weighted by Crippen LogP contribution is -2.49. The van der Waals surface area contributed by atoms with Gasteiger partial charge in [-0.2, -0.15) is 0 Å². The van der Waals surface area contributed by atoms with E-state index >= 15 is 0 Å². The SMILES string of the molecule is O=C(C[C@H]1N=C2c3ccccc3N=C(SCC(=O)N3CCN(c4ccccc4)CC3)N2C1=O)NCc1ccc2c(c1)OCO2. The molecule has 4 aliphatic rings. The summed E-state index contributed by atoms with van der Waals surface area (Å²) in [6.07, 6.45) is -0.103. The highest BCUT2D eigenvalue weighted by Crippen LogP contribution is 2.35. The summed E-state index contributed by atoms with van der Waals surface area (Å²) >= 11 is 1.23. The number of nitrogens with zero attached hydrogens (tertiary/aromatic N) is 5. The maximum atomic E-state index is 13.6. The summed E-state index contributed by atoms with van der Waals surface area (Å²) in [4.78, 5) is 54.7. The number of hydrogen-bond acceptors (Lipinski definition) is 9. The van der Waals surface area contributed by atoms with Gasteiger partial charge in [-0.25, -0.2) is 9.89 Å². The first-order valence-electron chi connectivity index (χ1n) is 14.5. The first kappa shape index (κ1) is 28.0. The molecule has 3 amide bonds. The molecule has 0 saturated carbocycles. The van der Waals surface area contributed by atoms with E-state index in [0.29, 0.717) is 41.3 Å². The summed E-state index contributed by atoms with van der Waals surface area (Å²) in [5, 5.41) is 3.27. The fourth-order valence-electron chi connectivity index (χ4n) is 5.60. The molecule has 0 bridgehead atoms. The van der Waals surface area contributed by atoms with Gasteiger partial charge in [-0.15, -0.1) is 0 Å². The van der Waals surface area contributed by atoms with Crippen molar-refractivity contribution in [1.82, 2.24) is 15.1 Å². The number of piperazine rings is 1. The van der Waals surface area contributed by atoms with Gasteiger partial charge in [0.05, 0.1) is 17.9 Å². The summed E-state index contributed by atoms with van der Waals surface area (Å²) in [5.41, 5.74) is 3.40. The van der Waals surface area contributed by atoms with E-state index in [1.54, 1.807) is 6.07 Å². The molecule has 0 radical (unpaired) electrons. The van der Waals surface area contributed by atoms with Crippen LogP contribution in [-0.2, 0) is 20.9 Å². The van der Waals surface area contributed by atoms with Crippen LogP contribution in [0.2, 0.25) is 0 Å². The smallest absolute Gasteiger partial charge is 0.259 e. The number of carbonyl (C=O) groups excluding carboxylic acids is 3. The number of ether oxygens (including phenoxy) is 2. The van der Waals surface area contributed by atoms with Gasteiger partial charge in [0, 0.05) is 44.0 Å². The molecule has 3 aromatic rings. The van der Waals surface area contributed by atoms with Crippen molar-refractivity contribution in [3.05, 3.63) is 83.9 Å². The van der Waals surface area contributed by atoms with Crippen molar-refractivity contribution >= 4 is 51.9 Å². The van der Waals surface area contributed by atoms with Crippen LogP contribution in [0.3, 0.4) is 0 Å². The molecule has 0 aliphatic carbocycles. The van der Waals surface area contributed by atoms with Crippen LogP contribution in [0.4, 0.5) is 11.4 Å². The summed E-state index contributed by atoms with van der Waals surface area (Å²) in [6.45, 7) is 3.23. The Morgan fingerprint density at radius 3 is 2.55 bits per heavy atom. The van der Waals surface area contributed by atoms with Gasteiger partial charge in [0.2, 0.25) is 18.6 Å². The number of amidine groups is 2. The highest BCUT2D eigenvalue weighted by Gasteiger charge is 2.42. The van der Waals surface area contributed by atoms with Crippen LogP contribution in [0.1, 0.15) is 17.5 Å². The summed E-state index contributed by atoms with van der Waals surface area (Å²) < 4.78 is 10.7. The second-order valence-corrected chi connectivity index (χ2v) is 11.7. The van der Waals surface area contributed by atoms with E-state index in [0.717, 1.165) is 29.9 Å². The maximum Gasteiger partial charge on any atom is 0.259 e. The molecule has 0 spiro atoms. The number of rotatable bonds is 7. The second kappa shape index (κ2) is 12.0. The van der Waals surface area contributed by atoms with E-state index in [1.165, 1.54) is 16.7 Å². The Labute approximate surface area is 258 Å². The number of para-hydroxylation sites is 2. The largest absolute Gasteiger partial charge is 0.454 e. The fraction of sp³-hybridized carbons (Fsp3) is 0.281. The molecular formula is C32H30N6O5S. The molecule has 7 rings (SSSR count).